The molecule has 0 saturated carbocycles. The first kappa shape index (κ1) is 13.7. The van der Waals surface area contributed by atoms with Crippen molar-refractivity contribution < 1.29 is 9.53 Å². The van der Waals surface area contributed by atoms with Gasteiger partial charge in [0, 0.05) is 20.2 Å². The second-order valence-electron chi connectivity index (χ2n) is 4.98. The molecule has 1 fully saturated rings. The Labute approximate surface area is 113 Å². The number of carbonyl (C=O) groups is 1. The lowest BCUT2D eigenvalue weighted by Crippen LogP contribution is -2.34. The Morgan fingerprint density at radius 3 is 2.89 bits per heavy atom. The molecule has 2 rings (SSSR count). The van der Waals surface area contributed by atoms with Crippen molar-refractivity contribution >= 4 is 17.3 Å². The molecule has 0 radical (unpaired) electrons. The van der Waals surface area contributed by atoms with Gasteiger partial charge in [0.05, 0.1) is 23.0 Å². The Balaban J connectivity index is 2.17. The van der Waals surface area contributed by atoms with Gasteiger partial charge in [0.2, 0.25) is 0 Å². The van der Waals surface area contributed by atoms with E-state index in [9.17, 15) is 4.79 Å². The largest absolute Gasteiger partial charge is 0.397 e. The zero-order valence-corrected chi connectivity index (χ0v) is 11.3. The maximum Gasteiger partial charge on any atom is 0.250 e. The van der Waals surface area contributed by atoms with Crippen molar-refractivity contribution in [3.8, 4) is 0 Å². The highest BCUT2D eigenvalue weighted by Crippen LogP contribution is 2.28. The molecule has 19 heavy (non-hydrogen) atoms. The smallest absolute Gasteiger partial charge is 0.250 e. The highest BCUT2D eigenvalue weighted by Gasteiger charge is 2.20. The summed E-state index contributed by atoms with van der Waals surface area (Å²) in [6.45, 7) is 1.53. The maximum absolute atomic E-state index is 11.5. The van der Waals surface area contributed by atoms with Crippen molar-refractivity contribution in [2.24, 2.45) is 5.73 Å². The third kappa shape index (κ3) is 3.17. The maximum atomic E-state index is 11.5. The van der Waals surface area contributed by atoms with Crippen molar-refractivity contribution in [1.82, 2.24) is 0 Å². The lowest BCUT2D eigenvalue weighted by atomic mass is 10.1. The van der Waals surface area contributed by atoms with Gasteiger partial charge in [-0.2, -0.15) is 0 Å². The van der Waals surface area contributed by atoms with Crippen LogP contribution in [0.3, 0.4) is 0 Å². The number of hydrogen-bond donors (Lipinski definition) is 2. The van der Waals surface area contributed by atoms with E-state index in [1.165, 1.54) is 6.42 Å². The summed E-state index contributed by atoms with van der Waals surface area (Å²) in [5.41, 5.74) is 13.1. The number of benzene rings is 1. The van der Waals surface area contributed by atoms with Crippen molar-refractivity contribution in [2.45, 2.75) is 25.4 Å². The SMILES string of the molecule is CN(CC1CCCCO1)c1c(N)cccc1C(N)=O. The number of carbonyl (C=O) groups excluding carboxylic acids is 1. The molecule has 1 atom stereocenters. The number of hydrogen-bond acceptors (Lipinski definition) is 4. The standard InChI is InChI=1S/C14H21N3O2/c1-17(9-10-5-2-3-8-19-10)13-11(14(16)18)6-4-7-12(13)15/h4,6-7,10H,2-3,5,8-9,15H2,1H3,(H2,16,18). The van der Waals surface area contributed by atoms with E-state index in [4.69, 9.17) is 16.2 Å². The second kappa shape index (κ2) is 5.93. The van der Waals surface area contributed by atoms with Crippen LogP contribution in [-0.2, 0) is 4.74 Å². The van der Waals surface area contributed by atoms with Crippen LogP contribution in [-0.4, -0.2) is 32.2 Å². The summed E-state index contributed by atoms with van der Waals surface area (Å²) in [6, 6.07) is 5.22. The molecule has 4 N–H and O–H groups in total. The number of amides is 1. The molecule has 1 heterocycles. The lowest BCUT2D eigenvalue weighted by Gasteiger charge is -2.30. The first-order valence-corrected chi connectivity index (χ1v) is 6.60. The minimum absolute atomic E-state index is 0.194. The fraction of sp³-hybridized carbons (Fsp3) is 0.500. The number of nitrogen functional groups attached to an aromatic ring is 1. The highest BCUT2D eigenvalue weighted by molar-refractivity contribution is 6.01. The zero-order valence-electron chi connectivity index (χ0n) is 11.3. The van der Waals surface area contributed by atoms with Gasteiger partial charge in [-0.1, -0.05) is 6.07 Å². The summed E-state index contributed by atoms with van der Waals surface area (Å²) in [7, 11) is 1.91. The van der Waals surface area contributed by atoms with Crippen molar-refractivity contribution in [3.63, 3.8) is 0 Å². The van der Waals surface area contributed by atoms with Gasteiger partial charge >= 0.3 is 0 Å². The first-order chi connectivity index (χ1) is 9.09. The van der Waals surface area contributed by atoms with Crippen LogP contribution in [0.4, 0.5) is 11.4 Å². The van der Waals surface area contributed by atoms with Crippen LogP contribution in [0.25, 0.3) is 0 Å². The third-order valence-electron chi connectivity index (χ3n) is 3.47. The van der Waals surface area contributed by atoms with E-state index in [-0.39, 0.29) is 6.10 Å². The normalized spacial score (nSPS) is 19.1. The first-order valence-electron chi connectivity index (χ1n) is 6.60. The summed E-state index contributed by atoms with van der Waals surface area (Å²) in [5, 5.41) is 0. The van der Waals surface area contributed by atoms with Gasteiger partial charge in [-0.05, 0) is 31.4 Å². The predicted octanol–water partition coefficient (Wildman–Crippen LogP) is 1.37. The molecule has 1 amide bonds. The zero-order chi connectivity index (χ0) is 13.8. The summed E-state index contributed by atoms with van der Waals surface area (Å²) < 4.78 is 5.71. The van der Waals surface area contributed by atoms with Crippen LogP contribution in [0.1, 0.15) is 29.6 Å². The molecular weight excluding hydrogens is 242 g/mol. The van der Waals surface area contributed by atoms with Gasteiger partial charge in [0.25, 0.3) is 5.91 Å². The molecule has 0 aliphatic carbocycles. The number of para-hydroxylation sites is 1. The van der Waals surface area contributed by atoms with Crippen molar-refractivity contribution in [3.05, 3.63) is 23.8 Å². The Hall–Kier alpha value is -1.75. The molecule has 1 saturated heterocycles. The summed E-state index contributed by atoms with van der Waals surface area (Å²) in [4.78, 5) is 13.4. The van der Waals surface area contributed by atoms with E-state index in [1.54, 1.807) is 18.2 Å². The third-order valence-corrected chi connectivity index (χ3v) is 3.47. The Morgan fingerprint density at radius 2 is 2.26 bits per heavy atom. The van der Waals surface area contributed by atoms with Gasteiger partial charge in [0.15, 0.2) is 0 Å². The van der Waals surface area contributed by atoms with Crippen LogP contribution >= 0.6 is 0 Å². The number of primary amides is 1. The molecule has 1 aromatic carbocycles. The van der Waals surface area contributed by atoms with Crippen LogP contribution in [0.15, 0.2) is 18.2 Å². The molecule has 0 spiro atoms. The molecule has 0 aromatic heterocycles. The number of ether oxygens (including phenoxy) is 1. The number of rotatable bonds is 4. The number of nitrogens with zero attached hydrogens (tertiary/aromatic N) is 1. The van der Waals surface area contributed by atoms with Gasteiger partial charge in [-0.15, -0.1) is 0 Å². The number of likely N-dealkylation sites (N-methyl/N-ethyl adjacent to an activating group) is 1. The van der Waals surface area contributed by atoms with Crippen molar-refractivity contribution in [1.29, 1.82) is 0 Å². The van der Waals surface area contributed by atoms with Crippen LogP contribution in [0.2, 0.25) is 0 Å². The Bertz CT molecular complexity index is 456. The quantitative estimate of drug-likeness (QED) is 0.804. The molecule has 1 aliphatic rings. The molecule has 0 bridgehead atoms. The van der Waals surface area contributed by atoms with Gasteiger partial charge in [-0.25, -0.2) is 0 Å². The van der Waals surface area contributed by atoms with E-state index in [0.29, 0.717) is 23.5 Å². The number of nitrogens with two attached hydrogens (primary N) is 2. The monoisotopic (exact) mass is 263 g/mol. The summed E-state index contributed by atoms with van der Waals surface area (Å²) in [5.74, 6) is -0.460. The average Bonchev–Trinajstić information content (AvgIpc) is 2.39. The minimum atomic E-state index is -0.460. The molecule has 104 valence electrons. The van der Waals surface area contributed by atoms with Crippen LogP contribution < -0.4 is 16.4 Å². The molecular formula is C14H21N3O2. The highest BCUT2D eigenvalue weighted by atomic mass is 16.5. The van der Waals surface area contributed by atoms with Gasteiger partial charge in [0.1, 0.15) is 0 Å². The topological polar surface area (TPSA) is 81.6 Å². The van der Waals surface area contributed by atoms with E-state index >= 15 is 0 Å². The summed E-state index contributed by atoms with van der Waals surface area (Å²) in [6.07, 6.45) is 3.55. The molecule has 1 unspecified atom stereocenters. The van der Waals surface area contributed by atoms with E-state index < -0.39 is 5.91 Å². The van der Waals surface area contributed by atoms with E-state index in [0.717, 1.165) is 19.4 Å². The number of anilines is 2. The van der Waals surface area contributed by atoms with Gasteiger partial charge in [-0.3, -0.25) is 4.79 Å². The van der Waals surface area contributed by atoms with Crippen LogP contribution in [0, 0.1) is 0 Å². The predicted molar refractivity (Wildman–Crippen MR) is 76.2 cm³/mol. The summed E-state index contributed by atoms with van der Waals surface area (Å²) >= 11 is 0. The molecule has 1 aromatic rings. The van der Waals surface area contributed by atoms with Crippen LogP contribution in [0.5, 0.6) is 0 Å². The lowest BCUT2D eigenvalue weighted by molar-refractivity contribution is 0.0216. The van der Waals surface area contributed by atoms with Crippen molar-refractivity contribution in [2.75, 3.05) is 30.8 Å². The van der Waals surface area contributed by atoms with E-state index in [2.05, 4.69) is 0 Å². The fourth-order valence-electron chi connectivity index (χ4n) is 2.53. The Morgan fingerprint density at radius 1 is 1.47 bits per heavy atom. The molecule has 5 nitrogen and oxygen atoms in total. The van der Waals surface area contributed by atoms with E-state index in [1.807, 2.05) is 11.9 Å². The molecule has 5 heteroatoms. The average molecular weight is 263 g/mol. The Kier molecular flexibility index (Phi) is 4.27. The second-order valence-corrected chi connectivity index (χ2v) is 4.98. The minimum Gasteiger partial charge on any atom is -0.397 e. The van der Waals surface area contributed by atoms with Gasteiger partial charge < -0.3 is 21.1 Å². The fourth-order valence-corrected chi connectivity index (χ4v) is 2.53. The molecule has 1 aliphatic heterocycles.